The zero-order valence-corrected chi connectivity index (χ0v) is 12.3. The van der Waals surface area contributed by atoms with E-state index in [1.54, 1.807) is 0 Å². The molecule has 0 atom stereocenters. The van der Waals surface area contributed by atoms with Crippen LogP contribution in [0.5, 0.6) is 0 Å². The van der Waals surface area contributed by atoms with Gasteiger partial charge in [0.1, 0.15) is 0 Å². The van der Waals surface area contributed by atoms with Crippen molar-refractivity contribution in [2.45, 2.75) is 26.3 Å². The molecule has 0 spiro atoms. The molecule has 0 bridgehead atoms. The second-order valence-corrected chi connectivity index (χ2v) is 6.17. The van der Waals surface area contributed by atoms with Crippen LogP contribution in [0.25, 0.3) is 0 Å². The molecule has 0 amide bonds. The van der Waals surface area contributed by atoms with Crippen molar-refractivity contribution in [3.05, 3.63) is 31.8 Å². The monoisotopic (exact) mass is 365 g/mol. The normalized spacial score (nSPS) is 12.4. The van der Waals surface area contributed by atoms with Crippen LogP contribution in [0.4, 0.5) is 0 Å². The molecule has 0 saturated carbocycles. The average Bonchev–Trinajstić information content (AvgIpc) is 2.05. The van der Waals surface area contributed by atoms with Gasteiger partial charge in [-0.25, -0.2) is 0 Å². The van der Waals surface area contributed by atoms with E-state index in [4.69, 9.17) is 0 Å². The molecule has 0 aliphatic carbocycles. The summed E-state index contributed by atoms with van der Waals surface area (Å²) in [5, 5.41) is 0. The number of benzene rings is 1. The van der Waals surface area contributed by atoms with Crippen LogP contribution in [0.3, 0.4) is 0 Å². The minimum atomic E-state index is -0.00853. The highest BCUT2D eigenvalue weighted by Crippen LogP contribution is 2.17. The molecular weight excluding hydrogens is 353 g/mol. The van der Waals surface area contributed by atoms with Crippen LogP contribution < -0.4 is 0 Å². The maximum atomic E-state index is 4.48. The molecule has 3 heteroatoms. The van der Waals surface area contributed by atoms with Crippen LogP contribution in [-0.2, 0) is 0 Å². The van der Waals surface area contributed by atoms with Gasteiger partial charge < -0.3 is 0 Å². The summed E-state index contributed by atoms with van der Waals surface area (Å²) in [5.74, 6) is 0. The number of aliphatic imine (C=N–C) groups is 1. The van der Waals surface area contributed by atoms with Crippen LogP contribution in [0, 0.1) is 3.57 Å². The maximum Gasteiger partial charge on any atom is 0.0524 e. The number of halogens is 2. The standard InChI is InChI=1S/C11H13BrIN/c1-11(2,3)14-7-8-6-9(12)4-5-10(8)13/h4-7H,1-3H3/b14-7+. The van der Waals surface area contributed by atoms with Crippen molar-refractivity contribution in [3.8, 4) is 0 Å². The first-order valence-corrected chi connectivity index (χ1v) is 6.26. The van der Waals surface area contributed by atoms with Crippen molar-refractivity contribution < 1.29 is 0 Å². The van der Waals surface area contributed by atoms with Gasteiger partial charge in [-0.1, -0.05) is 15.9 Å². The minimum absolute atomic E-state index is 0.00853. The van der Waals surface area contributed by atoms with Gasteiger partial charge in [0, 0.05) is 19.8 Å². The Labute approximate surface area is 107 Å². The Kier molecular flexibility index (Phi) is 4.13. The zero-order valence-electron chi connectivity index (χ0n) is 8.51. The third-order valence-corrected chi connectivity index (χ3v) is 3.02. The summed E-state index contributed by atoms with van der Waals surface area (Å²) in [6.07, 6.45) is 1.94. The highest BCUT2D eigenvalue weighted by molar-refractivity contribution is 14.1. The molecule has 0 heterocycles. The zero-order chi connectivity index (χ0) is 10.8. The number of hydrogen-bond donors (Lipinski definition) is 0. The summed E-state index contributed by atoms with van der Waals surface area (Å²) in [6.45, 7) is 6.27. The van der Waals surface area contributed by atoms with Gasteiger partial charge in [-0.2, -0.15) is 0 Å². The van der Waals surface area contributed by atoms with Crippen molar-refractivity contribution in [3.63, 3.8) is 0 Å². The van der Waals surface area contributed by atoms with E-state index >= 15 is 0 Å². The first-order valence-electron chi connectivity index (χ1n) is 4.39. The molecule has 1 nitrogen and oxygen atoms in total. The molecule has 0 aliphatic heterocycles. The molecule has 14 heavy (non-hydrogen) atoms. The van der Waals surface area contributed by atoms with Crippen molar-refractivity contribution in [2.24, 2.45) is 4.99 Å². The van der Waals surface area contributed by atoms with Crippen LogP contribution >= 0.6 is 38.5 Å². The highest BCUT2D eigenvalue weighted by Gasteiger charge is 2.05. The molecule has 1 aromatic carbocycles. The van der Waals surface area contributed by atoms with E-state index in [1.807, 2.05) is 12.3 Å². The predicted octanol–water partition coefficient (Wildman–Crippen LogP) is 4.27. The van der Waals surface area contributed by atoms with Crippen LogP contribution in [0.15, 0.2) is 27.7 Å². The predicted molar refractivity (Wildman–Crippen MR) is 74.2 cm³/mol. The lowest BCUT2D eigenvalue weighted by Gasteiger charge is -2.11. The van der Waals surface area contributed by atoms with E-state index in [1.165, 1.54) is 3.57 Å². The number of nitrogens with zero attached hydrogens (tertiary/aromatic N) is 1. The molecule has 1 aromatic rings. The van der Waals surface area contributed by atoms with Gasteiger partial charge in [0.15, 0.2) is 0 Å². The smallest absolute Gasteiger partial charge is 0.0524 e. The molecule has 0 saturated heterocycles. The summed E-state index contributed by atoms with van der Waals surface area (Å²) < 4.78 is 2.31. The summed E-state index contributed by atoms with van der Waals surface area (Å²) in [4.78, 5) is 4.48. The largest absolute Gasteiger partial charge is 0.287 e. The fourth-order valence-corrected chi connectivity index (χ4v) is 1.73. The molecule has 1 rings (SSSR count). The lowest BCUT2D eigenvalue weighted by molar-refractivity contribution is 0.586. The SMILES string of the molecule is CC(C)(C)/N=C/c1cc(Br)ccc1I. The lowest BCUT2D eigenvalue weighted by Crippen LogP contribution is -2.09. The van der Waals surface area contributed by atoms with Crippen molar-refractivity contribution in [1.29, 1.82) is 0 Å². The lowest BCUT2D eigenvalue weighted by atomic mass is 10.1. The van der Waals surface area contributed by atoms with Gasteiger partial charge >= 0.3 is 0 Å². The Morgan fingerprint density at radius 3 is 2.57 bits per heavy atom. The first kappa shape index (κ1) is 12.2. The summed E-state index contributed by atoms with van der Waals surface area (Å²) in [6, 6.07) is 6.20. The molecular formula is C11H13BrIN. The molecule has 0 fully saturated rings. The van der Waals surface area contributed by atoms with Gasteiger partial charge in [-0.3, -0.25) is 4.99 Å². The molecule has 0 aliphatic rings. The van der Waals surface area contributed by atoms with Gasteiger partial charge in [-0.05, 0) is 61.6 Å². The molecule has 0 N–H and O–H groups in total. The van der Waals surface area contributed by atoms with E-state index in [9.17, 15) is 0 Å². The van der Waals surface area contributed by atoms with Crippen molar-refractivity contribution >= 4 is 44.7 Å². The van der Waals surface area contributed by atoms with E-state index in [-0.39, 0.29) is 5.54 Å². The Balaban J connectivity index is 2.97. The highest BCUT2D eigenvalue weighted by atomic mass is 127. The topological polar surface area (TPSA) is 12.4 Å². The van der Waals surface area contributed by atoms with Gasteiger partial charge in [0.05, 0.1) is 5.54 Å². The number of rotatable bonds is 1. The number of hydrogen-bond acceptors (Lipinski definition) is 1. The van der Waals surface area contributed by atoms with E-state index in [0.717, 1.165) is 10.0 Å². The summed E-state index contributed by atoms with van der Waals surface area (Å²) in [5.41, 5.74) is 1.15. The molecule has 76 valence electrons. The summed E-state index contributed by atoms with van der Waals surface area (Å²) >= 11 is 5.77. The third-order valence-electron chi connectivity index (χ3n) is 1.55. The van der Waals surface area contributed by atoms with Crippen LogP contribution in [-0.4, -0.2) is 11.8 Å². The van der Waals surface area contributed by atoms with Crippen LogP contribution in [0.1, 0.15) is 26.3 Å². The Morgan fingerprint density at radius 2 is 2.00 bits per heavy atom. The second-order valence-electron chi connectivity index (χ2n) is 4.09. The molecule has 0 radical (unpaired) electrons. The fourth-order valence-electron chi connectivity index (χ4n) is 0.877. The van der Waals surface area contributed by atoms with E-state index < -0.39 is 0 Å². The maximum absolute atomic E-state index is 4.48. The Bertz CT molecular complexity index is 353. The first-order chi connectivity index (χ1) is 6.38. The van der Waals surface area contributed by atoms with Crippen LogP contribution in [0.2, 0.25) is 0 Å². The molecule has 0 unspecified atom stereocenters. The Hall–Kier alpha value is 0.1000. The third kappa shape index (κ3) is 4.09. The summed E-state index contributed by atoms with van der Waals surface area (Å²) in [7, 11) is 0. The van der Waals surface area contributed by atoms with Gasteiger partial charge in [0.25, 0.3) is 0 Å². The second kappa shape index (κ2) is 4.75. The van der Waals surface area contributed by atoms with Crippen molar-refractivity contribution in [2.75, 3.05) is 0 Å². The molecule has 0 aromatic heterocycles. The Morgan fingerprint density at radius 1 is 1.36 bits per heavy atom. The quantitative estimate of drug-likeness (QED) is 0.520. The van der Waals surface area contributed by atoms with Crippen molar-refractivity contribution in [1.82, 2.24) is 0 Å². The minimum Gasteiger partial charge on any atom is -0.287 e. The van der Waals surface area contributed by atoms with Gasteiger partial charge in [-0.15, -0.1) is 0 Å². The van der Waals surface area contributed by atoms with E-state index in [2.05, 4.69) is 76.4 Å². The fraction of sp³-hybridized carbons (Fsp3) is 0.364. The average molecular weight is 366 g/mol. The van der Waals surface area contributed by atoms with E-state index in [0.29, 0.717) is 0 Å². The van der Waals surface area contributed by atoms with Gasteiger partial charge in [0.2, 0.25) is 0 Å².